The highest BCUT2D eigenvalue weighted by Gasteiger charge is 2.11. The number of carbonyl (C=O) groups is 1. The summed E-state index contributed by atoms with van der Waals surface area (Å²) in [7, 11) is 0. The average molecular weight is 281 g/mol. The van der Waals surface area contributed by atoms with Crippen LogP contribution in [-0.2, 0) is 0 Å². The lowest BCUT2D eigenvalue weighted by atomic mass is 10.1. The summed E-state index contributed by atoms with van der Waals surface area (Å²) in [5.74, 6) is -0.703. The number of benzene rings is 1. The van der Waals surface area contributed by atoms with Crippen LogP contribution < -0.4 is 5.73 Å². The zero-order valence-electron chi connectivity index (χ0n) is 7.19. The molecule has 0 aliphatic carbocycles. The molecule has 1 rings (SSSR count). The van der Waals surface area contributed by atoms with E-state index in [-0.39, 0.29) is 28.2 Å². The van der Waals surface area contributed by atoms with E-state index in [1.54, 1.807) is 0 Å². The molecule has 0 unspecified atom stereocenters. The van der Waals surface area contributed by atoms with Gasteiger partial charge < -0.3 is 5.73 Å². The van der Waals surface area contributed by atoms with Crippen LogP contribution in [0.3, 0.4) is 0 Å². The summed E-state index contributed by atoms with van der Waals surface area (Å²) in [6.45, 7) is 0.269. The number of hydrogen-bond donors (Lipinski definition) is 1. The fourth-order valence-corrected chi connectivity index (χ4v) is 1.79. The Labute approximate surface area is 94.4 Å². The molecule has 5 heteroatoms. The smallest absolute Gasteiger partial charge is 0.164 e. The van der Waals surface area contributed by atoms with Crippen LogP contribution >= 0.6 is 27.5 Å². The van der Waals surface area contributed by atoms with Gasteiger partial charge in [0.2, 0.25) is 0 Å². The van der Waals surface area contributed by atoms with Crippen molar-refractivity contribution in [1.82, 2.24) is 0 Å². The fraction of sp³-hybridized carbons (Fsp3) is 0.222. The Morgan fingerprint density at radius 1 is 1.57 bits per heavy atom. The summed E-state index contributed by atoms with van der Waals surface area (Å²) >= 11 is 8.55. The van der Waals surface area contributed by atoms with Crippen LogP contribution in [-0.4, -0.2) is 12.3 Å². The predicted molar refractivity (Wildman–Crippen MR) is 57.1 cm³/mol. The first-order valence-corrected chi connectivity index (χ1v) is 5.11. The number of ketones is 1. The van der Waals surface area contributed by atoms with Crippen LogP contribution in [0.1, 0.15) is 16.8 Å². The Bertz CT molecular complexity index is 347. The molecule has 0 saturated heterocycles. The van der Waals surface area contributed by atoms with Gasteiger partial charge in [-0.25, -0.2) is 4.39 Å². The summed E-state index contributed by atoms with van der Waals surface area (Å²) in [5.41, 5.74) is 5.60. The first kappa shape index (κ1) is 11.6. The van der Waals surface area contributed by atoms with Gasteiger partial charge in [0.15, 0.2) is 11.6 Å². The zero-order valence-corrected chi connectivity index (χ0v) is 9.53. The van der Waals surface area contributed by atoms with Crippen molar-refractivity contribution < 1.29 is 9.18 Å². The maximum Gasteiger partial charge on any atom is 0.164 e. The highest BCUT2D eigenvalue weighted by atomic mass is 79.9. The minimum Gasteiger partial charge on any atom is -0.330 e. The Morgan fingerprint density at radius 2 is 2.21 bits per heavy atom. The number of Topliss-reactive ketones (excluding diaryl/α,β-unsaturated/α-hetero) is 1. The Balaban J connectivity index is 3.06. The topological polar surface area (TPSA) is 43.1 Å². The summed E-state index contributed by atoms with van der Waals surface area (Å²) < 4.78 is 13.2. The molecule has 0 radical (unpaired) electrons. The third kappa shape index (κ3) is 2.53. The molecule has 0 aliphatic heterocycles. The average Bonchev–Trinajstić information content (AvgIpc) is 2.13. The van der Waals surface area contributed by atoms with Crippen LogP contribution in [0.15, 0.2) is 16.6 Å². The molecule has 2 nitrogen and oxygen atoms in total. The van der Waals surface area contributed by atoms with E-state index in [1.165, 1.54) is 12.1 Å². The van der Waals surface area contributed by atoms with Crippen LogP contribution in [0.2, 0.25) is 5.02 Å². The lowest BCUT2D eigenvalue weighted by Crippen LogP contribution is -2.08. The molecule has 1 aromatic carbocycles. The second-order valence-electron chi connectivity index (χ2n) is 2.72. The molecular formula is C9H8BrClFNO. The third-order valence-electron chi connectivity index (χ3n) is 1.68. The Morgan fingerprint density at radius 3 is 2.71 bits per heavy atom. The molecule has 1 aromatic rings. The summed E-state index contributed by atoms with van der Waals surface area (Å²) in [6, 6.07) is 2.71. The zero-order chi connectivity index (χ0) is 10.7. The largest absolute Gasteiger partial charge is 0.330 e. The molecule has 0 bridgehead atoms. The number of carbonyl (C=O) groups excluding carboxylic acids is 1. The maximum atomic E-state index is 13.0. The van der Waals surface area contributed by atoms with Crippen LogP contribution in [0, 0.1) is 5.82 Å². The van der Waals surface area contributed by atoms with Gasteiger partial charge in [-0.15, -0.1) is 0 Å². The van der Waals surface area contributed by atoms with Crippen molar-refractivity contribution in [2.45, 2.75) is 6.42 Å². The maximum absolute atomic E-state index is 13.0. The number of rotatable bonds is 3. The summed E-state index contributed by atoms with van der Waals surface area (Å²) in [6.07, 6.45) is 0.231. The number of nitrogens with two attached hydrogens (primary N) is 1. The SMILES string of the molecule is NCCC(=O)c1cc(Cl)c(F)c(Br)c1. The molecule has 0 heterocycles. The molecule has 0 saturated carbocycles. The molecule has 76 valence electrons. The van der Waals surface area contributed by atoms with Crippen molar-refractivity contribution in [1.29, 1.82) is 0 Å². The molecule has 0 spiro atoms. The quantitative estimate of drug-likeness (QED) is 0.683. The number of hydrogen-bond acceptors (Lipinski definition) is 2. The van der Waals surface area contributed by atoms with Gasteiger partial charge in [-0.1, -0.05) is 11.6 Å². The lowest BCUT2D eigenvalue weighted by molar-refractivity contribution is 0.0985. The van der Waals surface area contributed by atoms with E-state index < -0.39 is 5.82 Å². The van der Waals surface area contributed by atoms with Crippen molar-refractivity contribution in [2.75, 3.05) is 6.54 Å². The predicted octanol–water partition coefficient (Wildman–Crippen LogP) is 2.77. The molecular weight excluding hydrogens is 272 g/mol. The summed E-state index contributed by atoms with van der Waals surface area (Å²) in [5, 5.41) is -0.0697. The molecule has 0 aromatic heterocycles. The molecule has 0 aliphatic rings. The van der Waals surface area contributed by atoms with Gasteiger partial charge >= 0.3 is 0 Å². The van der Waals surface area contributed by atoms with Crippen LogP contribution in [0.4, 0.5) is 4.39 Å². The van der Waals surface area contributed by atoms with E-state index in [9.17, 15) is 9.18 Å². The second-order valence-corrected chi connectivity index (χ2v) is 3.98. The lowest BCUT2D eigenvalue weighted by Gasteiger charge is -2.02. The van der Waals surface area contributed by atoms with E-state index in [1.807, 2.05) is 0 Å². The Kier molecular flexibility index (Phi) is 4.04. The van der Waals surface area contributed by atoms with Gasteiger partial charge in [0.25, 0.3) is 0 Å². The van der Waals surface area contributed by atoms with E-state index in [0.29, 0.717) is 5.56 Å². The molecule has 0 fully saturated rings. The van der Waals surface area contributed by atoms with Crippen LogP contribution in [0.25, 0.3) is 0 Å². The third-order valence-corrected chi connectivity index (χ3v) is 2.53. The normalized spacial score (nSPS) is 10.3. The van der Waals surface area contributed by atoms with Crippen molar-refractivity contribution >= 4 is 33.3 Å². The van der Waals surface area contributed by atoms with Gasteiger partial charge in [-0.05, 0) is 34.6 Å². The van der Waals surface area contributed by atoms with Gasteiger partial charge in [-0.3, -0.25) is 4.79 Å². The minimum atomic E-state index is -0.559. The van der Waals surface area contributed by atoms with E-state index in [2.05, 4.69) is 15.9 Å². The minimum absolute atomic E-state index is 0.0697. The van der Waals surface area contributed by atoms with Gasteiger partial charge in [0.1, 0.15) is 0 Å². The first-order valence-electron chi connectivity index (χ1n) is 3.94. The van der Waals surface area contributed by atoms with E-state index in [0.717, 1.165) is 0 Å². The van der Waals surface area contributed by atoms with Gasteiger partial charge in [-0.2, -0.15) is 0 Å². The van der Waals surface area contributed by atoms with Crippen LogP contribution in [0.5, 0.6) is 0 Å². The first-order chi connectivity index (χ1) is 6.56. The molecule has 0 amide bonds. The highest BCUT2D eigenvalue weighted by Crippen LogP contribution is 2.25. The van der Waals surface area contributed by atoms with Crippen molar-refractivity contribution in [3.63, 3.8) is 0 Å². The van der Waals surface area contributed by atoms with Crippen molar-refractivity contribution in [2.24, 2.45) is 5.73 Å². The second kappa shape index (κ2) is 4.87. The highest BCUT2D eigenvalue weighted by molar-refractivity contribution is 9.10. The van der Waals surface area contributed by atoms with E-state index in [4.69, 9.17) is 17.3 Å². The standard InChI is InChI=1S/C9H8BrClFNO/c10-6-3-5(8(14)1-2-13)4-7(11)9(6)12/h3-4H,1-2,13H2. The molecule has 2 N–H and O–H groups in total. The van der Waals surface area contributed by atoms with Gasteiger partial charge in [0, 0.05) is 12.0 Å². The van der Waals surface area contributed by atoms with E-state index >= 15 is 0 Å². The molecule has 14 heavy (non-hydrogen) atoms. The van der Waals surface area contributed by atoms with Crippen molar-refractivity contribution in [3.8, 4) is 0 Å². The van der Waals surface area contributed by atoms with Crippen molar-refractivity contribution in [3.05, 3.63) is 33.0 Å². The fourth-order valence-electron chi connectivity index (χ4n) is 0.992. The summed E-state index contributed by atoms with van der Waals surface area (Å²) in [4.78, 5) is 11.4. The Hall–Kier alpha value is -0.450. The monoisotopic (exact) mass is 279 g/mol. The number of halogens is 3. The molecule has 0 atom stereocenters. The van der Waals surface area contributed by atoms with Gasteiger partial charge in [0.05, 0.1) is 9.50 Å².